The molecule has 5 heteroatoms. The van der Waals surface area contributed by atoms with Crippen LogP contribution in [0.3, 0.4) is 0 Å². The topological polar surface area (TPSA) is 47.6 Å². The van der Waals surface area contributed by atoms with Crippen LogP contribution >= 0.6 is 15.9 Å². The van der Waals surface area contributed by atoms with Crippen molar-refractivity contribution in [1.29, 1.82) is 0 Å². The van der Waals surface area contributed by atoms with Crippen LogP contribution in [0.2, 0.25) is 0 Å². The molecule has 0 heterocycles. The Labute approximate surface area is 192 Å². The van der Waals surface area contributed by atoms with Gasteiger partial charge in [-0.15, -0.1) is 0 Å². The largest absolute Gasteiger partial charge is 0.492 e. The molecule has 0 aliphatic carbocycles. The smallest absolute Gasteiger partial charge is 0.255 e. The Morgan fingerprint density at radius 1 is 0.903 bits per heavy atom. The molecular formula is C26H28BrNO3. The zero-order valence-corrected chi connectivity index (χ0v) is 19.4. The van der Waals surface area contributed by atoms with Gasteiger partial charge in [0.1, 0.15) is 18.1 Å². The molecule has 0 unspecified atom stereocenters. The first-order chi connectivity index (χ1) is 15.2. The summed E-state index contributed by atoms with van der Waals surface area (Å²) in [5, 5.41) is 2.92. The van der Waals surface area contributed by atoms with E-state index in [9.17, 15) is 4.79 Å². The summed E-state index contributed by atoms with van der Waals surface area (Å²) in [5.41, 5.74) is 2.39. The number of rotatable bonds is 11. The van der Waals surface area contributed by atoms with Gasteiger partial charge in [0, 0.05) is 11.3 Å². The van der Waals surface area contributed by atoms with Gasteiger partial charge in [0.15, 0.2) is 0 Å². The molecule has 31 heavy (non-hydrogen) atoms. The molecule has 0 spiro atoms. The van der Waals surface area contributed by atoms with E-state index < -0.39 is 0 Å². The number of carbonyl (C=O) groups excluding carboxylic acids is 1. The molecule has 3 rings (SSSR count). The number of halogens is 1. The lowest BCUT2D eigenvalue weighted by Gasteiger charge is -2.11. The lowest BCUT2D eigenvalue weighted by atomic mass is 10.2. The Balaban J connectivity index is 1.50. The zero-order valence-electron chi connectivity index (χ0n) is 17.8. The highest BCUT2D eigenvalue weighted by molar-refractivity contribution is 9.10. The van der Waals surface area contributed by atoms with E-state index >= 15 is 0 Å². The van der Waals surface area contributed by atoms with E-state index in [1.54, 1.807) is 12.1 Å². The Bertz CT molecular complexity index is 958. The number of ether oxygens (including phenoxy) is 2. The summed E-state index contributed by atoms with van der Waals surface area (Å²) in [6, 6.07) is 22.8. The third-order valence-corrected chi connectivity index (χ3v) is 5.43. The van der Waals surface area contributed by atoms with Gasteiger partial charge >= 0.3 is 0 Å². The maximum atomic E-state index is 12.6. The third kappa shape index (κ3) is 7.44. The van der Waals surface area contributed by atoms with Gasteiger partial charge < -0.3 is 14.8 Å². The zero-order chi connectivity index (χ0) is 21.9. The number of anilines is 1. The molecule has 1 N–H and O–H groups in total. The minimum Gasteiger partial charge on any atom is -0.492 e. The van der Waals surface area contributed by atoms with Gasteiger partial charge in [-0.25, -0.2) is 0 Å². The fraction of sp³-hybridized carbons (Fsp3) is 0.269. The second-order valence-electron chi connectivity index (χ2n) is 7.31. The molecular weight excluding hydrogens is 454 g/mol. The van der Waals surface area contributed by atoms with E-state index in [1.807, 2.05) is 60.7 Å². The van der Waals surface area contributed by atoms with Crippen molar-refractivity contribution in [3.05, 3.63) is 88.4 Å². The van der Waals surface area contributed by atoms with Gasteiger partial charge in [0.25, 0.3) is 5.91 Å². The average molecular weight is 482 g/mol. The van der Waals surface area contributed by atoms with Crippen LogP contribution in [0.1, 0.15) is 48.5 Å². The number of benzene rings is 3. The predicted molar refractivity (Wildman–Crippen MR) is 129 cm³/mol. The molecule has 162 valence electrons. The summed E-state index contributed by atoms with van der Waals surface area (Å²) in [7, 11) is 0. The Hall–Kier alpha value is -2.79. The minimum atomic E-state index is -0.173. The second-order valence-corrected chi connectivity index (χ2v) is 8.16. The Morgan fingerprint density at radius 3 is 2.39 bits per heavy atom. The van der Waals surface area contributed by atoms with Gasteiger partial charge in [0.2, 0.25) is 0 Å². The van der Waals surface area contributed by atoms with Crippen LogP contribution in [-0.4, -0.2) is 12.5 Å². The molecule has 0 saturated carbocycles. The molecule has 0 aliphatic rings. The Kier molecular flexibility index (Phi) is 8.98. The molecule has 0 bridgehead atoms. The number of hydrogen-bond acceptors (Lipinski definition) is 3. The van der Waals surface area contributed by atoms with E-state index in [0.717, 1.165) is 28.0 Å². The van der Waals surface area contributed by atoms with E-state index in [-0.39, 0.29) is 5.91 Å². The maximum absolute atomic E-state index is 12.6. The van der Waals surface area contributed by atoms with Crippen molar-refractivity contribution in [3.8, 4) is 11.5 Å². The maximum Gasteiger partial charge on any atom is 0.255 e. The van der Waals surface area contributed by atoms with Gasteiger partial charge in [-0.2, -0.15) is 0 Å². The number of unbranched alkanes of at least 4 members (excludes halogenated alkanes) is 3. The van der Waals surface area contributed by atoms with Crippen molar-refractivity contribution in [2.75, 3.05) is 11.9 Å². The SMILES string of the molecule is CCCCCCOc1ccc(C(=O)Nc2ccc(OCc3ccccc3)cc2)cc1Br. The first-order valence-corrected chi connectivity index (χ1v) is 11.5. The summed E-state index contributed by atoms with van der Waals surface area (Å²) in [6.45, 7) is 3.38. The lowest BCUT2D eigenvalue weighted by molar-refractivity contribution is 0.102. The van der Waals surface area contributed by atoms with Crippen molar-refractivity contribution in [2.45, 2.75) is 39.2 Å². The van der Waals surface area contributed by atoms with Crippen molar-refractivity contribution in [2.24, 2.45) is 0 Å². The number of amides is 1. The number of carbonyl (C=O) groups is 1. The molecule has 0 aliphatic heterocycles. The lowest BCUT2D eigenvalue weighted by Crippen LogP contribution is -2.12. The first-order valence-electron chi connectivity index (χ1n) is 10.7. The highest BCUT2D eigenvalue weighted by atomic mass is 79.9. The predicted octanol–water partition coefficient (Wildman–Crippen LogP) is 7.24. The first kappa shape index (κ1) is 22.9. The van der Waals surface area contributed by atoms with Gasteiger partial charge in [-0.05, 0) is 70.4 Å². The summed E-state index contributed by atoms with van der Waals surface area (Å²) in [6.07, 6.45) is 4.64. The minimum absolute atomic E-state index is 0.173. The fourth-order valence-corrected chi connectivity index (χ4v) is 3.54. The summed E-state index contributed by atoms with van der Waals surface area (Å²) in [4.78, 5) is 12.6. The molecule has 1 amide bonds. The summed E-state index contributed by atoms with van der Waals surface area (Å²) >= 11 is 3.51. The second kappa shape index (κ2) is 12.2. The van der Waals surface area contributed by atoms with Crippen molar-refractivity contribution in [1.82, 2.24) is 0 Å². The molecule has 0 saturated heterocycles. The molecule has 0 atom stereocenters. The van der Waals surface area contributed by atoms with Crippen molar-refractivity contribution < 1.29 is 14.3 Å². The third-order valence-electron chi connectivity index (χ3n) is 4.81. The van der Waals surface area contributed by atoms with Gasteiger partial charge in [-0.1, -0.05) is 56.5 Å². The van der Waals surface area contributed by atoms with Crippen LogP contribution in [0.15, 0.2) is 77.3 Å². The fourth-order valence-electron chi connectivity index (χ4n) is 3.05. The number of nitrogens with one attached hydrogen (secondary N) is 1. The highest BCUT2D eigenvalue weighted by Gasteiger charge is 2.10. The van der Waals surface area contributed by atoms with Gasteiger partial charge in [0.05, 0.1) is 11.1 Å². The van der Waals surface area contributed by atoms with Crippen LogP contribution in [0.5, 0.6) is 11.5 Å². The van der Waals surface area contributed by atoms with E-state index in [1.165, 1.54) is 19.3 Å². The summed E-state index contributed by atoms with van der Waals surface area (Å²) < 4.78 is 12.4. The van der Waals surface area contributed by atoms with Crippen LogP contribution in [0.4, 0.5) is 5.69 Å². The average Bonchev–Trinajstić information content (AvgIpc) is 2.80. The van der Waals surface area contributed by atoms with Crippen molar-refractivity contribution >= 4 is 27.5 Å². The molecule has 0 fully saturated rings. The van der Waals surface area contributed by atoms with E-state index in [2.05, 4.69) is 28.2 Å². The normalized spacial score (nSPS) is 10.5. The molecule has 4 nitrogen and oxygen atoms in total. The van der Waals surface area contributed by atoms with Crippen LogP contribution < -0.4 is 14.8 Å². The van der Waals surface area contributed by atoms with Gasteiger partial charge in [-0.3, -0.25) is 4.79 Å². The van der Waals surface area contributed by atoms with Crippen molar-refractivity contribution in [3.63, 3.8) is 0 Å². The highest BCUT2D eigenvalue weighted by Crippen LogP contribution is 2.27. The summed E-state index contributed by atoms with van der Waals surface area (Å²) in [5.74, 6) is 1.34. The Morgan fingerprint density at radius 2 is 1.68 bits per heavy atom. The van der Waals surface area contributed by atoms with Crippen LogP contribution in [-0.2, 0) is 6.61 Å². The standard InChI is InChI=1S/C26H28BrNO3/c1-2-3-4-8-17-30-25-16-11-21(18-24(25)27)26(29)28-22-12-14-23(15-13-22)31-19-20-9-6-5-7-10-20/h5-7,9-16,18H,2-4,8,17,19H2,1H3,(H,28,29). The van der Waals surface area contributed by atoms with Crippen LogP contribution in [0, 0.1) is 0 Å². The molecule has 3 aromatic rings. The monoisotopic (exact) mass is 481 g/mol. The molecule has 3 aromatic carbocycles. The number of hydrogen-bond donors (Lipinski definition) is 1. The molecule has 0 radical (unpaired) electrons. The molecule has 0 aromatic heterocycles. The van der Waals surface area contributed by atoms with E-state index in [0.29, 0.717) is 24.5 Å². The quantitative estimate of drug-likeness (QED) is 0.293. The van der Waals surface area contributed by atoms with E-state index in [4.69, 9.17) is 9.47 Å². The van der Waals surface area contributed by atoms with Crippen LogP contribution in [0.25, 0.3) is 0 Å².